The lowest BCUT2D eigenvalue weighted by Gasteiger charge is -2.26. The van der Waals surface area contributed by atoms with E-state index in [-0.39, 0.29) is 24.5 Å². The Labute approximate surface area is 206 Å². The second-order valence-corrected chi connectivity index (χ2v) is 10.4. The summed E-state index contributed by atoms with van der Waals surface area (Å²) in [6.07, 6.45) is 2.04. The van der Waals surface area contributed by atoms with E-state index in [2.05, 4.69) is 17.1 Å². The fraction of sp³-hybridized carbons (Fsp3) is 0.360. The van der Waals surface area contributed by atoms with Crippen molar-refractivity contribution in [3.8, 4) is 11.5 Å². The third-order valence-electron chi connectivity index (χ3n) is 5.54. The first-order valence-corrected chi connectivity index (χ1v) is 12.7. The van der Waals surface area contributed by atoms with Crippen LogP contribution in [0.2, 0.25) is 0 Å². The Bertz CT molecular complexity index is 1180. The number of rotatable bonds is 10. The van der Waals surface area contributed by atoms with Crippen LogP contribution in [0, 0.1) is 6.92 Å². The van der Waals surface area contributed by atoms with Gasteiger partial charge in [-0.25, -0.2) is 14.2 Å². The largest absolute Gasteiger partial charge is 0.496 e. The molecule has 1 atom stereocenters. The number of carbonyl (C=O) groups is 1. The monoisotopic (exact) mass is 502 g/mol. The topological polar surface area (TPSA) is 71.9 Å². The van der Waals surface area contributed by atoms with Crippen molar-refractivity contribution >= 4 is 34.9 Å². The van der Waals surface area contributed by atoms with Gasteiger partial charge in [-0.05, 0) is 74.1 Å². The maximum atomic E-state index is 14.2. The van der Waals surface area contributed by atoms with Gasteiger partial charge in [-0.1, -0.05) is 6.07 Å². The lowest BCUT2D eigenvalue weighted by molar-refractivity contribution is 0.0693. The van der Waals surface area contributed by atoms with Gasteiger partial charge in [0.2, 0.25) is 0 Å². The molecule has 0 radical (unpaired) electrons. The van der Waals surface area contributed by atoms with Gasteiger partial charge in [0.05, 0.1) is 19.3 Å². The van der Waals surface area contributed by atoms with E-state index in [4.69, 9.17) is 9.47 Å². The van der Waals surface area contributed by atoms with Crippen LogP contribution in [0.3, 0.4) is 0 Å². The Kier molecular flexibility index (Phi) is 7.63. The third-order valence-corrected chi connectivity index (χ3v) is 7.61. The Morgan fingerprint density at radius 1 is 1.26 bits per heavy atom. The summed E-state index contributed by atoms with van der Waals surface area (Å²) in [5.74, 6) is -0.0932. The smallest absolute Gasteiger partial charge is 0.339 e. The summed E-state index contributed by atoms with van der Waals surface area (Å²) in [6, 6.07) is 9.07. The fourth-order valence-electron chi connectivity index (χ4n) is 3.94. The van der Waals surface area contributed by atoms with Crippen molar-refractivity contribution in [3.63, 3.8) is 0 Å². The minimum absolute atomic E-state index is 0.0997. The van der Waals surface area contributed by atoms with E-state index in [0.717, 1.165) is 40.5 Å². The second kappa shape index (κ2) is 10.7. The SMILES string of the molecule is COc1cc(COc2cc3c(cc2N(CC(C)F)Sc2nc(C)cs2)CCC3)ccc1C(=O)O. The molecule has 3 aromatic rings. The Balaban J connectivity index is 1.64. The predicted octanol–water partition coefficient (Wildman–Crippen LogP) is 6.10. The van der Waals surface area contributed by atoms with Crippen LogP contribution in [0.4, 0.5) is 10.1 Å². The zero-order valence-corrected chi connectivity index (χ0v) is 21.0. The van der Waals surface area contributed by atoms with Gasteiger partial charge in [0.15, 0.2) is 4.34 Å². The van der Waals surface area contributed by atoms with Crippen LogP contribution in [0.1, 0.15) is 46.1 Å². The van der Waals surface area contributed by atoms with Gasteiger partial charge in [-0.2, -0.15) is 0 Å². The molecule has 180 valence electrons. The van der Waals surface area contributed by atoms with Gasteiger partial charge < -0.3 is 18.9 Å². The summed E-state index contributed by atoms with van der Waals surface area (Å²) in [6.45, 7) is 3.91. The van der Waals surface area contributed by atoms with Gasteiger partial charge in [0.25, 0.3) is 0 Å². The molecule has 34 heavy (non-hydrogen) atoms. The maximum absolute atomic E-state index is 14.2. The molecule has 1 heterocycles. The number of benzene rings is 2. The highest BCUT2D eigenvalue weighted by Crippen LogP contribution is 2.41. The first-order chi connectivity index (χ1) is 16.3. The molecule has 0 fully saturated rings. The highest BCUT2D eigenvalue weighted by Gasteiger charge is 2.23. The zero-order valence-electron chi connectivity index (χ0n) is 19.3. The number of carboxylic acid groups (broad SMARTS) is 1. The van der Waals surface area contributed by atoms with Crippen molar-refractivity contribution in [3.05, 3.63) is 63.7 Å². The molecule has 1 aliphatic rings. The summed E-state index contributed by atoms with van der Waals surface area (Å²) in [4.78, 5) is 15.9. The molecule has 2 aromatic carbocycles. The molecular formula is C25H27FN2O4S2. The third kappa shape index (κ3) is 5.64. The number of aromatic nitrogens is 1. The number of hydrogen-bond acceptors (Lipinski definition) is 7. The molecule has 0 saturated heterocycles. The van der Waals surface area contributed by atoms with E-state index in [1.807, 2.05) is 16.6 Å². The van der Waals surface area contributed by atoms with Crippen molar-refractivity contribution in [1.82, 2.24) is 4.98 Å². The first-order valence-electron chi connectivity index (χ1n) is 11.0. The number of halogens is 1. The van der Waals surface area contributed by atoms with Gasteiger partial charge in [0.1, 0.15) is 29.8 Å². The average molecular weight is 503 g/mol. The molecule has 9 heteroatoms. The predicted molar refractivity (Wildman–Crippen MR) is 133 cm³/mol. The number of alkyl halides is 1. The Morgan fingerprint density at radius 3 is 2.68 bits per heavy atom. The number of fused-ring (bicyclic) bond motifs is 1. The van der Waals surface area contributed by atoms with E-state index >= 15 is 0 Å². The molecule has 1 aromatic heterocycles. The van der Waals surface area contributed by atoms with E-state index in [1.54, 1.807) is 19.1 Å². The molecule has 0 spiro atoms. The molecule has 1 unspecified atom stereocenters. The van der Waals surface area contributed by atoms with Crippen LogP contribution in [0.15, 0.2) is 40.1 Å². The highest BCUT2D eigenvalue weighted by atomic mass is 32.2. The highest BCUT2D eigenvalue weighted by molar-refractivity contribution is 8.02. The fourth-order valence-corrected chi connectivity index (χ4v) is 5.95. The van der Waals surface area contributed by atoms with Gasteiger partial charge >= 0.3 is 5.97 Å². The molecule has 6 nitrogen and oxygen atoms in total. The Morgan fingerprint density at radius 2 is 2.03 bits per heavy atom. The number of methoxy groups -OCH3 is 1. The number of aryl methyl sites for hydroxylation is 3. The van der Waals surface area contributed by atoms with Crippen LogP contribution in [-0.4, -0.2) is 35.9 Å². The van der Waals surface area contributed by atoms with E-state index in [9.17, 15) is 14.3 Å². The van der Waals surface area contributed by atoms with Gasteiger partial charge in [-0.3, -0.25) is 0 Å². The first kappa shape index (κ1) is 24.3. The van der Waals surface area contributed by atoms with Crippen molar-refractivity contribution in [1.29, 1.82) is 0 Å². The maximum Gasteiger partial charge on any atom is 0.339 e. The lowest BCUT2D eigenvalue weighted by Crippen LogP contribution is -2.23. The summed E-state index contributed by atoms with van der Waals surface area (Å²) in [5, 5.41) is 11.3. The Hall–Kier alpha value is -2.78. The van der Waals surface area contributed by atoms with E-state index < -0.39 is 12.1 Å². The number of aromatic carboxylic acids is 1. The molecule has 1 aliphatic carbocycles. The summed E-state index contributed by atoms with van der Waals surface area (Å²) in [5.41, 5.74) is 5.15. The lowest BCUT2D eigenvalue weighted by atomic mass is 10.1. The van der Waals surface area contributed by atoms with Crippen LogP contribution in [-0.2, 0) is 19.4 Å². The van der Waals surface area contributed by atoms with Crippen molar-refractivity contribution in [2.24, 2.45) is 0 Å². The molecule has 4 rings (SSSR count). The summed E-state index contributed by atoms with van der Waals surface area (Å²) in [7, 11) is 1.44. The normalized spacial score (nSPS) is 13.4. The molecule has 1 N–H and O–H groups in total. The van der Waals surface area contributed by atoms with Crippen molar-refractivity contribution in [2.75, 3.05) is 18.0 Å². The zero-order chi connectivity index (χ0) is 24.2. The van der Waals surface area contributed by atoms with Crippen LogP contribution in [0.5, 0.6) is 11.5 Å². The van der Waals surface area contributed by atoms with E-state index in [1.165, 1.54) is 47.6 Å². The number of hydrogen-bond donors (Lipinski definition) is 1. The van der Waals surface area contributed by atoms with Crippen molar-refractivity contribution < 1.29 is 23.8 Å². The molecule has 0 aliphatic heterocycles. The number of thiazole rings is 1. The van der Waals surface area contributed by atoms with Crippen molar-refractivity contribution in [2.45, 2.75) is 50.2 Å². The minimum atomic E-state index is -1.05. The number of carboxylic acids is 1. The van der Waals surface area contributed by atoms with Gasteiger partial charge in [0, 0.05) is 23.0 Å². The summed E-state index contributed by atoms with van der Waals surface area (Å²) >= 11 is 2.95. The molecule has 0 saturated carbocycles. The summed E-state index contributed by atoms with van der Waals surface area (Å²) < 4.78 is 28.5. The van der Waals surface area contributed by atoms with Crippen LogP contribution in [0.25, 0.3) is 0 Å². The molecule has 0 bridgehead atoms. The number of nitrogens with zero attached hydrogens (tertiary/aromatic N) is 2. The second-order valence-electron chi connectivity index (χ2n) is 8.26. The van der Waals surface area contributed by atoms with Crippen LogP contribution < -0.4 is 13.8 Å². The van der Waals surface area contributed by atoms with Crippen LogP contribution >= 0.6 is 23.3 Å². The quantitative estimate of drug-likeness (QED) is 0.336. The number of ether oxygens (including phenoxy) is 2. The standard InChI is InChI=1S/C25H27FN2O4S2/c1-15(26)12-28(34-25-27-16(2)14-33-25)21-10-18-5-4-6-19(18)11-23(21)32-13-17-7-8-20(24(29)30)22(9-17)31-3/h7-11,14-15H,4-6,12-13H2,1-3H3,(H,29,30). The molecular weight excluding hydrogens is 475 g/mol. The average Bonchev–Trinajstić information content (AvgIpc) is 3.43. The van der Waals surface area contributed by atoms with Gasteiger partial charge in [-0.15, -0.1) is 11.3 Å². The molecule has 0 amide bonds. The minimum Gasteiger partial charge on any atom is -0.496 e. The number of anilines is 1. The van der Waals surface area contributed by atoms with E-state index in [0.29, 0.717) is 5.75 Å².